The number of anilines is 1. The zero-order chi connectivity index (χ0) is 29.2. The van der Waals surface area contributed by atoms with Gasteiger partial charge in [-0.1, -0.05) is 25.1 Å². The number of hydrogen-bond donors (Lipinski definition) is 3. The maximum Gasteiger partial charge on any atom is 0.380 e. The van der Waals surface area contributed by atoms with Gasteiger partial charge in [0.15, 0.2) is 11.8 Å². The van der Waals surface area contributed by atoms with E-state index in [0.717, 1.165) is 10.8 Å². The lowest BCUT2D eigenvalue weighted by molar-refractivity contribution is -0.151. The Labute approximate surface area is 225 Å². The second-order valence-corrected chi connectivity index (χ2v) is 12.3. The smallest absolute Gasteiger partial charge is 0.380 e. The Kier molecular flexibility index (Phi) is 9.24. The summed E-state index contributed by atoms with van der Waals surface area (Å²) in [5, 5.41) is 22.1. The summed E-state index contributed by atoms with van der Waals surface area (Å²) in [6.07, 6.45) is -4.85. The van der Waals surface area contributed by atoms with Gasteiger partial charge in [-0.05, 0) is 45.9 Å². The van der Waals surface area contributed by atoms with E-state index in [1.165, 1.54) is 26.8 Å². The van der Waals surface area contributed by atoms with Crippen LogP contribution in [0.2, 0.25) is 0 Å². The maximum absolute atomic E-state index is 14.2. The molecule has 1 fully saturated rings. The molecule has 0 bridgehead atoms. The third-order valence-corrected chi connectivity index (χ3v) is 8.35. The predicted octanol–water partition coefficient (Wildman–Crippen LogP) is 2.44. The number of nitrogens with two attached hydrogens (primary N) is 1. The van der Waals surface area contributed by atoms with Crippen LogP contribution in [0.15, 0.2) is 47.4 Å². The summed E-state index contributed by atoms with van der Waals surface area (Å²) >= 11 is 0. The van der Waals surface area contributed by atoms with Gasteiger partial charge in [0.05, 0.1) is 18.2 Å². The Morgan fingerprint density at radius 2 is 1.92 bits per heavy atom. The average molecular weight is 572 g/mol. The Hall–Kier alpha value is -2.83. The topological polar surface area (TPSA) is 172 Å². The number of esters is 1. The molecule has 6 atom stereocenters. The van der Waals surface area contributed by atoms with Crippen LogP contribution < -0.4 is 15.9 Å². The number of rotatable bonds is 11. The van der Waals surface area contributed by atoms with E-state index in [-0.39, 0.29) is 11.6 Å². The molecule has 1 saturated heterocycles. The molecule has 216 valence electrons. The van der Waals surface area contributed by atoms with Crippen LogP contribution in [0.1, 0.15) is 40.8 Å². The molecule has 14 heteroatoms. The highest BCUT2D eigenvalue weighted by Crippen LogP contribution is 2.55. The highest BCUT2D eigenvalue weighted by atomic mass is 31.2. The van der Waals surface area contributed by atoms with Crippen LogP contribution in [-0.4, -0.2) is 68.1 Å². The van der Waals surface area contributed by atoms with Gasteiger partial charge in [0.25, 0.3) is 0 Å². The lowest BCUT2D eigenvalue weighted by Gasteiger charge is -2.36. The average Bonchev–Trinajstić information content (AvgIpc) is 3.10. The molecule has 0 radical (unpaired) electrons. The number of nitrogens with zero attached hydrogens (tertiary/aromatic N) is 2. The van der Waals surface area contributed by atoms with Gasteiger partial charge in [-0.25, -0.2) is 13.8 Å². The summed E-state index contributed by atoms with van der Waals surface area (Å²) in [6, 6.07) is 9.34. The lowest BCUT2D eigenvalue weighted by Crippen LogP contribution is -2.53. The van der Waals surface area contributed by atoms with E-state index in [9.17, 15) is 28.8 Å². The van der Waals surface area contributed by atoms with Crippen LogP contribution in [0, 0.1) is 5.92 Å². The number of alkyl halides is 1. The van der Waals surface area contributed by atoms with Crippen molar-refractivity contribution in [3.05, 3.63) is 53.1 Å². The zero-order valence-electron chi connectivity index (χ0n) is 22.4. The van der Waals surface area contributed by atoms with E-state index in [1.54, 1.807) is 44.2 Å². The number of hydrogen-bond acceptors (Lipinski definition) is 11. The van der Waals surface area contributed by atoms with Crippen LogP contribution in [0.4, 0.5) is 10.2 Å². The molecule has 1 aromatic carbocycles. The van der Waals surface area contributed by atoms with E-state index < -0.39 is 73.8 Å². The summed E-state index contributed by atoms with van der Waals surface area (Å²) in [6.45, 7) is 6.13. The first-order valence-corrected chi connectivity index (χ1v) is 14.1. The minimum Gasteiger partial charge on any atom is -0.463 e. The number of ether oxygens (including phenoxy) is 2. The van der Waals surface area contributed by atoms with Gasteiger partial charge >= 0.3 is 19.3 Å². The molecule has 2 unspecified atom stereocenters. The summed E-state index contributed by atoms with van der Waals surface area (Å²) in [4.78, 5) is 28.5. The molecule has 2 heterocycles. The molecule has 2 aromatic rings. The first-order chi connectivity index (χ1) is 18.1. The molecule has 1 aliphatic heterocycles. The van der Waals surface area contributed by atoms with Gasteiger partial charge in [0.2, 0.25) is 0 Å². The number of carbonyl (C=O) groups excluding carboxylic acids is 1. The van der Waals surface area contributed by atoms with Crippen molar-refractivity contribution in [3.63, 3.8) is 0 Å². The summed E-state index contributed by atoms with van der Waals surface area (Å²) in [5.74, 6) is -1.46. The minimum atomic E-state index is -4.22. The molecule has 1 aromatic heterocycles. The molecule has 0 amide bonds. The summed E-state index contributed by atoms with van der Waals surface area (Å²) in [5.41, 5.74) is 0.265. The fourth-order valence-corrected chi connectivity index (χ4v) is 6.51. The normalized spacial score (nSPS) is 25.7. The number of benzene rings is 1. The number of aromatic nitrogens is 2. The molecular weight excluding hydrogens is 536 g/mol. The van der Waals surface area contributed by atoms with Crippen molar-refractivity contribution in [1.29, 1.82) is 0 Å². The Balaban J connectivity index is 1.95. The molecule has 0 saturated carbocycles. The third-order valence-electron chi connectivity index (χ3n) is 6.12. The van der Waals surface area contributed by atoms with Crippen molar-refractivity contribution in [2.45, 2.75) is 70.4 Å². The van der Waals surface area contributed by atoms with Gasteiger partial charge in [0, 0.05) is 6.20 Å². The molecule has 3 rings (SSSR count). The molecular formula is C25H35FN3O9P. The third kappa shape index (κ3) is 6.85. The van der Waals surface area contributed by atoms with E-state index in [2.05, 4.69) is 4.98 Å². The fraction of sp³-hybridized carbons (Fsp3) is 0.560. The standard InChI is InChI=1S/C25H35FN3O9P/c1-15(2)35-21(31)16(3)13-39(34,37-17-9-7-6-8-10-17)38-24(4,5)20-19(30)25(33,14-26)22(36-20)29-12-11-18(27)28-23(29)32/h6-12,15-16,19-20,22,30,33H,13-14H2,1-5H3,(H2,27,28,32)/t16-,19+,20+,22-,25?,39?/m1/s1. The molecule has 4 N–H and O–H groups in total. The first-order valence-electron chi connectivity index (χ1n) is 12.3. The Morgan fingerprint density at radius 3 is 2.49 bits per heavy atom. The number of carbonyl (C=O) groups is 1. The molecule has 12 nitrogen and oxygen atoms in total. The zero-order valence-corrected chi connectivity index (χ0v) is 23.3. The van der Waals surface area contributed by atoms with Gasteiger partial charge in [-0.2, -0.15) is 4.98 Å². The van der Waals surface area contributed by atoms with Crippen molar-refractivity contribution >= 4 is 19.4 Å². The van der Waals surface area contributed by atoms with Gasteiger partial charge in [-0.15, -0.1) is 0 Å². The number of para-hydroxylation sites is 1. The van der Waals surface area contributed by atoms with Crippen molar-refractivity contribution < 1.29 is 42.5 Å². The van der Waals surface area contributed by atoms with E-state index in [0.29, 0.717) is 0 Å². The molecule has 1 aliphatic rings. The van der Waals surface area contributed by atoms with Gasteiger partial charge in [-0.3, -0.25) is 13.9 Å². The van der Waals surface area contributed by atoms with Crippen molar-refractivity contribution in [2.24, 2.45) is 5.92 Å². The second-order valence-electron chi connectivity index (χ2n) is 10.3. The summed E-state index contributed by atoms with van der Waals surface area (Å²) in [7, 11) is -4.22. The highest BCUT2D eigenvalue weighted by Gasteiger charge is 2.62. The van der Waals surface area contributed by atoms with Crippen LogP contribution in [-0.2, 0) is 23.4 Å². The SMILES string of the molecule is CC(C)OC(=O)[C@H](C)CP(=O)(Oc1ccccc1)OC(C)(C)[C@H]1O[C@@H](n2ccc(N)nc2=O)C(O)(CF)[C@H]1O. The fourth-order valence-electron chi connectivity index (χ4n) is 4.24. The van der Waals surface area contributed by atoms with Crippen molar-refractivity contribution in [2.75, 3.05) is 18.6 Å². The second kappa shape index (κ2) is 11.7. The number of halogens is 1. The maximum atomic E-state index is 14.2. The number of nitrogen functional groups attached to an aromatic ring is 1. The van der Waals surface area contributed by atoms with Gasteiger partial charge in [0.1, 0.15) is 36.1 Å². The Bertz CT molecular complexity index is 1260. The monoisotopic (exact) mass is 571 g/mol. The van der Waals surface area contributed by atoms with E-state index in [1.807, 2.05) is 0 Å². The lowest BCUT2D eigenvalue weighted by atomic mass is 9.88. The van der Waals surface area contributed by atoms with Crippen LogP contribution in [0.5, 0.6) is 5.75 Å². The van der Waals surface area contributed by atoms with Crippen LogP contribution in [0.25, 0.3) is 0 Å². The summed E-state index contributed by atoms with van der Waals surface area (Å²) < 4.78 is 51.9. The number of aliphatic hydroxyl groups is 2. The van der Waals surface area contributed by atoms with Crippen molar-refractivity contribution in [3.8, 4) is 5.75 Å². The molecule has 0 aliphatic carbocycles. The van der Waals surface area contributed by atoms with Crippen LogP contribution >= 0.6 is 7.60 Å². The molecule has 0 spiro atoms. The first kappa shape index (κ1) is 30.7. The van der Waals surface area contributed by atoms with E-state index >= 15 is 0 Å². The highest BCUT2D eigenvalue weighted by molar-refractivity contribution is 7.54. The van der Waals surface area contributed by atoms with Gasteiger partial charge < -0.3 is 29.9 Å². The van der Waals surface area contributed by atoms with E-state index in [4.69, 9.17) is 24.3 Å². The largest absolute Gasteiger partial charge is 0.463 e. The minimum absolute atomic E-state index is 0.108. The van der Waals surface area contributed by atoms with Crippen molar-refractivity contribution in [1.82, 2.24) is 9.55 Å². The number of aliphatic hydroxyl groups excluding tert-OH is 1. The van der Waals surface area contributed by atoms with Crippen LogP contribution in [0.3, 0.4) is 0 Å². The quantitative estimate of drug-likeness (QED) is 0.267. The predicted molar refractivity (Wildman–Crippen MR) is 139 cm³/mol. The molecule has 39 heavy (non-hydrogen) atoms. The Morgan fingerprint density at radius 1 is 1.28 bits per heavy atom.